The van der Waals surface area contributed by atoms with Crippen molar-refractivity contribution in [3.05, 3.63) is 46.5 Å². The highest BCUT2D eigenvalue weighted by atomic mass is 14.9. The van der Waals surface area contributed by atoms with E-state index in [0.29, 0.717) is 11.1 Å². The normalized spacial score (nSPS) is 13.1. The molecular weight excluding hydrogens is 210 g/mol. The van der Waals surface area contributed by atoms with Crippen molar-refractivity contribution in [2.45, 2.75) is 13.1 Å². The van der Waals surface area contributed by atoms with Crippen molar-refractivity contribution in [1.82, 2.24) is 5.32 Å². The third kappa shape index (κ3) is 1.45. The lowest BCUT2D eigenvalue weighted by atomic mass is 9.98. The van der Waals surface area contributed by atoms with Crippen LogP contribution in [0, 0.1) is 22.7 Å². The Hall–Kier alpha value is -2.36. The smallest absolute Gasteiger partial charge is 0.101 e. The Morgan fingerprint density at radius 3 is 1.71 bits per heavy atom. The molecule has 3 nitrogen and oxygen atoms in total. The molecule has 17 heavy (non-hydrogen) atoms. The third-order valence-electron chi connectivity index (χ3n) is 3.17. The van der Waals surface area contributed by atoms with E-state index in [1.54, 1.807) is 12.1 Å². The monoisotopic (exact) mass is 219 g/mol. The van der Waals surface area contributed by atoms with Gasteiger partial charge in [-0.15, -0.1) is 0 Å². The molecule has 0 atom stereocenters. The number of hydrogen-bond acceptors (Lipinski definition) is 3. The SMILES string of the molecule is N#Cc1cc2cc3c(cc2cc1C#N)CNC3. The Bertz CT molecular complexity index is 641. The van der Waals surface area contributed by atoms with Gasteiger partial charge < -0.3 is 5.32 Å². The Morgan fingerprint density at radius 1 is 0.824 bits per heavy atom. The highest BCUT2D eigenvalue weighted by Crippen LogP contribution is 2.26. The van der Waals surface area contributed by atoms with Crippen LogP contribution in [0.4, 0.5) is 0 Å². The predicted octanol–water partition coefficient (Wildman–Crippen LogP) is 2.19. The lowest BCUT2D eigenvalue weighted by molar-refractivity contribution is 0.765. The molecule has 0 saturated heterocycles. The van der Waals surface area contributed by atoms with Crippen molar-refractivity contribution >= 4 is 10.8 Å². The maximum Gasteiger partial charge on any atom is 0.101 e. The summed E-state index contributed by atoms with van der Waals surface area (Å²) in [5.74, 6) is 0. The number of hydrogen-bond donors (Lipinski definition) is 1. The zero-order valence-electron chi connectivity index (χ0n) is 9.12. The molecule has 0 spiro atoms. The second-order valence-electron chi connectivity index (χ2n) is 4.19. The van der Waals surface area contributed by atoms with E-state index in [1.807, 2.05) is 0 Å². The van der Waals surface area contributed by atoms with Crippen LogP contribution in [0.15, 0.2) is 24.3 Å². The van der Waals surface area contributed by atoms with Gasteiger partial charge in [0, 0.05) is 13.1 Å². The van der Waals surface area contributed by atoms with Crippen LogP contribution in [0.2, 0.25) is 0 Å². The first-order valence-electron chi connectivity index (χ1n) is 5.42. The van der Waals surface area contributed by atoms with E-state index in [-0.39, 0.29) is 0 Å². The summed E-state index contributed by atoms with van der Waals surface area (Å²) in [6, 6.07) is 11.9. The molecule has 1 N–H and O–H groups in total. The van der Waals surface area contributed by atoms with Crippen molar-refractivity contribution in [2.75, 3.05) is 0 Å². The summed E-state index contributed by atoms with van der Waals surface area (Å²) in [6.07, 6.45) is 0. The Kier molecular flexibility index (Phi) is 2.08. The second-order valence-corrected chi connectivity index (χ2v) is 4.19. The minimum atomic E-state index is 0.450. The molecule has 1 heterocycles. The van der Waals surface area contributed by atoms with Gasteiger partial charge in [-0.25, -0.2) is 0 Å². The van der Waals surface area contributed by atoms with Gasteiger partial charge in [0.1, 0.15) is 12.1 Å². The first-order chi connectivity index (χ1) is 8.31. The summed E-state index contributed by atoms with van der Waals surface area (Å²) in [6.45, 7) is 1.76. The molecule has 0 amide bonds. The lowest BCUT2D eigenvalue weighted by Gasteiger charge is -2.04. The van der Waals surface area contributed by atoms with Crippen LogP contribution < -0.4 is 5.32 Å². The molecular formula is C14H9N3. The quantitative estimate of drug-likeness (QED) is 0.738. The van der Waals surface area contributed by atoms with Crippen LogP contribution >= 0.6 is 0 Å². The molecule has 0 saturated carbocycles. The molecule has 0 fully saturated rings. The molecule has 1 aliphatic rings. The van der Waals surface area contributed by atoms with E-state index < -0.39 is 0 Å². The molecule has 80 valence electrons. The number of benzene rings is 2. The summed E-state index contributed by atoms with van der Waals surface area (Å²) >= 11 is 0. The average Bonchev–Trinajstić information content (AvgIpc) is 2.81. The molecule has 3 rings (SSSR count). The van der Waals surface area contributed by atoms with Gasteiger partial charge in [-0.2, -0.15) is 10.5 Å². The van der Waals surface area contributed by atoms with Crippen LogP contribution in [0.3, 0.4) is 0 Å². The Morgan fingerprint density at radius 2 is 1.29 bits per heavy atom. The van der Waals surface area contributed by atoms with Crippen molar-refractivity contribution in [2.24, 2.45) is 0 Å². The van der Waals surface area contributed by atoms with Gasteiger partial charge in [0.2, 0.25) is 0 Å². The number of nitrogens with zero attached hydrogens (tertiary/aromatic N) is 2. The van der Waals surface area contributed by atoms with Gasteiger partial charge in [0.15, 0.2) is 0 Å². The highest BCUT2D eigenvalue weighted by Gasteiger charge is 2.12. The van der Waals surface area contributed by atoms with Crippen molar-refractivity contribution in [3.63, 3.8) is 0 Å². The van der Waals surface area contributed by atoms with E-state index in [9.17, 15) is 0 Å². The number of rotatable bonds is 0. The molecule has 0 bridgehead atoms. The largest absolute Gasteiger partial charge is 0.309 e. The third-order valence-corrected chi connectivity index (χ3v) is 3.17. The van der Waals surface area contributed by atoms with Gasteiger partial charge in [-0.1, -0.05) is 0 Å². The minimum absolute atomic E-state index is 0.450. The number of nitriles is 2. The predicted molar refractivity (Wildman–Crippen MR) is 63.9 cm³/mol. The molecule has 0 aromatic heterocycles. The Balaban J connectivity index is 2.34. The fourth-order valence-corrected chi connectivity index (χ4v) is 2.29. The van der Waals surface area contributed by atoms with Crippen LogP contribution in [-0.2, 0) is 13.1 Å². The van der Waals surface area contributed by atoms with Crippen molar-refractivity contribution in [1.29, 1.82) is 10.5 Å². The van der Waals surface area contributed by atoms with Crippen LogP contribution in [0.5, 0.6) is 0 Å². The summed E-state index contributed by atoms with van der Waals surface area (Å²) in [5, 5.41) is 23.3. The van der Waals surface area contributed by atoms with Crippen LogP contribution in [0.25, 0.3) is 10.8 Å². The van der Waals surface area contributed by atoms with E-state index in [0.717, 1.165) is 23.9 Å². The van der Waals surface area contributed by atoms with Gasteiger partial charge >= 0.3 is 0 Å². The van der Waals surface area contributed by atoms with Crippen molar-refractivity contribution in [3.8, 4) is 12.1 Å². The maximum absolute atomic E-state index is 8.99. The first-order valence-corrected chi connectivity index (χ1v) is 5.42. The highest BCUT2D eigenvalue weighted by molar-refractivity contribution is 5.87. The first kappa shape index (κ1) is 9.84. The standard InChI is InChI=1S/C14H9N3/c15-5-11-1-9-3-13-7-17-8-14(13)4-10(9)2-12(11)6-16/h1-4,17H,7-8H2. The molecule has 2 aromatic rings. The lowest BCUT2D eigenvalue weighted by Crippen LogP contribution is -1.99. The summed E-state index contributed by atoms with van der Waals surface area (Å²) in [7, 11) is 0. The average molecular weight is 219 g/mol. The summed E-state index contributed by atoms with van der Waals surface area (Å²) in [4.78, 5) is 0. The second kappa shape index (κ2) is 3.59. The topological polar surface area (TPSA) is 59.6 Å². The van der Waals surface area contributed by atoms with E-state index in [2.05, 4.69) is 29.6 Å². The molecule has 0 aliphatic carbocycles. The number of nitrogens with one attached hydrogen (secondary N) is 1. The van der Waals surface area contributed by atoms with E-state index in [4.69, 9.17) is 10.5 Å². The molecule has 0 unspecified atom stereocenters. The number of fused-ring (bicyclic) bond motifs is 2. The van der Waals surface area contributed by atoms with Gasteiger partial charge in [-0.3, -0.25) is 0 Å². The molecule has 1 aliphatic heterocycles. The van der Waals surface area contributed by atoms with E-state index >= 15 is 0 Å². The zero-order valence-corrected chi connectivity index (χ0v) is 9.12. The molecule has 2 aromatic carbocycles. The zero-order chi connectivity index (χ0) is 11.8. The van der Waals surface area contributed by atoms with Gasteiger partial charge in [0.05, 0.1) is 11.1 Å². The minimum Gasteiger partial charge on any atom is -0.309 e. The fourth-order valence-electron chi connectivity index (χ4n) is 2.29. The Labute approximate surface area is 98.9 Å². The summed E-state index contributed by atoms with van der Waals surface area (Å²) in [5.41, 5.74) is 3.47. The summed E-state index contributed by atoms with van der Waals surface area (Å²) < 4.78 is 0. The van der Waals surface area contributed by atoms with Crippen molar-refractivity contribution < 1.29 is 0 Å². The maximum atomic E-state index is 8.99. The van der Waals surface area contributed by atoms with Gasteiger partial charge in [-0.05, 0) is 46.2 Å². The fraction of sp³-hybridized carbons (Fsp3) is 0.143. The van der Waals surface area contributed by atoms with E-state index in [1.165, 1.54) is 11.1 Å². The van der Waals surface area contributed by atoms with Crippen LogP contribution in [-0.4, -0.2) is 0 Å². The van der Waals surface area contributed by atoms with Crippen LogP contribution in [0.1, 0.15) is 22.3 Å². The van der Waals surface area contributed by atoms with Gasteiger partial charge in [0.25, 0.3) is 0 Å². The molecule has 3 heteroatoms. The molecule has 0 radical (unpaired) electrons.